The highest BCUT2D eigenvalue weighted by Crippen LogP contribution is 2.17. The Bertz CT molecular complexity index is 273. The van der Waals surface area contributed by atoms with Crippen molar-refractivity contribution in [3.63, 3.8) is 0 Å². The molecular weight excluding hydrogens is 182 g/mol. The first-order valence-electron chi connectivity index (χ1n) is 4.61. The molecule has 0 aliphatic rings. The van der Waals surface area contributed by atoms with Crippen LogP contribution in [-0.2, 0) is 0 Å². The molecule has 0 aromatic carbocycles. The van der Waals surface area contributed by atoms with Gasteiger partial charge in [-0.1, -0.05) is 0 Å². The molecule has 0 aliphatic carbocycles. The number of rotatable bonds is 5. The maximum absolute atomic E-state index is 8.98. The van der Waals surface area contributed by atoms with Crippen LogP contribution in [0.2, 0.25) is 0 Å². The summed E-state index contributed by atoms with van der Waals surface area (Å²) in [6.07, 6.45) is 1.05. The summed E-state index contributed by atoms with van der Waals surface area (Å²) in [6, 6.07) is 1.51. The van der Waals surface area contributed by atoms with E-state index in [1.807, 2.05) is 26.0 Å². The van der Waals surface area contributed by atoms with Crippen molar-refractivity contribution < 1.29 is 9.63 Å². The standard InChI is InChI=1S/C9H17N3O2/c1-11(2)5-4-6-12(3)9-7-8(13)10-14-9/h7H,4-6H2,1-3H3,(H,10,13). The van der Waals surface area contributed by atoms with Crippen molar-refractivity contribution in [1.29, 1.82) is 0 Å². The van der Waals surface area contributed by atoms with Crippen molar-refractivity contribution in [1.82, 2.24) is 10.1 Å². The average molecular weight is 199 g/mol. The van der Waals surface area contributed by atoms with E-state index in [0.29, 0.717) is 5.88 Å². The van der Waals surface area contributed by atoms with Crippen LogP contribution in [0, 0.1) is 0 Å². The molecule has 0 unspecified atom stereocenters. The fourth-order valence-corrected chi connectivity index (χ4v) is 1.17. The number of anilines is 1. The van der Waals surface area contributed by atoms with Gasteiger partial charge < -0.3 is 19.4 Å². The van der Waals surface area contributed by atoms with E-state index in [9.17, 15) is 0 Å². The lowest BCUT2D eigenvalue weighted by molar-refractivity contribution is 0.358. The van der Waals surface area contributed by atoms with Gasteiger partial charge in [0.25, 0.3) is 5.88 Å². The summed E-state index contributed by atoms with van der Waals surface area (Å²) in [5, 5.41) is 12.4. The van der Waals surface area contributed by atoms with Crippen molar-refractivity contribution in [2.24, 2.45) is 0 Å². The van der Waals surface area contributed by atoms with Crippen LogP contribution in [-0.4, -0.2) is 49.4 Å². The first-order valence-corrected chi connectivity index (χ1v) is 4.61. The molecule has 0 spiro atoms. The topological polar surface area (TPSA) is 52.7 Å². The second-order valence-corrected chi connectivity index (χ2v) is 3.60. The molecule has 5 heteroatoms. The summed E-state index contributed by atoms with van der Waals surface area (Å²) in [4.78, 5) is 4.06. The van der Waals surface area contributed by atoms with Crippen molar-refractivity contribution in [3.05, 3.63) is 6.07 Å². The van der Waals surface area contributed by atoms with Gasteiger partial charge in [-0.2, -0.15) is 0 Å². The van der Waals surface area contributed by atoms with E-state index in [0.717, 1.165) is 19.5 Å². The fraction of sp³-hybridized carbons (Fsp3) is 0.667. The summed E-state index contributed by atoms with van der Waals surface area (Å²) in [5.74, 6) is 0.528. The van der Waals surface area contributed by atoms with Crippen molar-refractivity contribution in [2.75, 3.05) is 39.1 Å². The molecule has 1 aromatic heterocycles. The second kappa shape index (κ2) is 4.85. The Labute approximate surface area is 83.9 Å². The molecular formula is C9H17N3O2. The van der Waals surface area contributed by atoms with Gasteiger partial charge in [-0.15, -0.1) is 0 Å². The predicted octanol–water partition coefficient (Wildman–Crippen LogP) is 0.768. The van der Waals surface area contributed by atoms with Gasteiger partial charge in [0.2, 0.25) is 5.88 Å². The highest BCUT2D eigenvalue weighted by Gasteiger charge is 2.07. The minimum absolute atomic E-state index is 0.0699. The Morgan fingerprint density at radius 3 is 2.57 bits per heavy atom. The molecule has 0 saturated heterocycles. The van der Waals surface area contributed by atoms with Crippen LogP contribution < -0.4 is 4.90 Å². The van der Waals surface area contributed by atoms with Crippen molar-refractivity contribution >= 4 is 5.88 Å². The summed E-state index contributed by atoms with van der Waals surface area (Å²) in [5.41, 5.74) is 0. The van der Waals surface area contributed by atoms with Crippen molar-refractivity contribution in [3.8, 4) is 5.88 Å². The lowest BCUT2D eigenvalue weighted by Gasteiger charge is -2.16. The van der Waals surface area contributed by atoms with Crippen molar-refractivity contribution in [2.45, 2.75) is 6.42 Å². The summed E-state index contributed by atoms with van der Waals surface area (Å²) < 4.78 is 4.90. The summed E-state index contributed by atoms with van der Waals surface area (Å²) in [7, 11) is 6.00. The van der Waals surface area contributed by atoms with E-state index >= 15 is 0 Å². The first-order chi connectivity index (χ1) is 6.59. The summed E-state index contributed by atoms with van der Waals surface area (Å²) in [6.45, 7) is 1.91. The number of aromatic nitrogens is 1. The molecule has 1 N–H and O–H groups in total. The molecule has 80 valence electrons. The number of aromatic hydroxyl groups is 1. The molecule has 0 amide bonds. The molecule has 0 bridgehead atoms. The van der Waals surface area contributed by atoms with Gasteiger partial charge in [-0.25, -0.2) is 0 Å². The minimum atomic E-state index is -0.0699. The molecule has 0 aliphatic heterocycles. The van der Waals surface area contributed by atoms with E-state index in [-0.39, 0.29) is 5.88 Å². The van der Waals surface area contributed by atoms with Crippen LogP contribution in [0.3, 0.4) is 0 Å². The number of hydrogen-bond donors (Lipinski definition) is 1. The molecule has 0 fully saturated rings. The zero-order chi connectivity index (χ0) is 10.6. The Kier molecular flexibility index (Phi) is 3.76. The van der Waals surface area contributed by atoms with Crippen LogP contribution in [0.4, 0.5) is 5.88 Å². The Hall–Kier alpha value is -1.23. The highest BCUT2D eigenvalue weighted by atomic mass is 16.5. The molecule has 14 heavy (non-hydrogen) atoms. The second-order valence-electron chi connectivity index (χ2n) is 3.60. The average Bonchev–Trinajstić information content (AvgIpc) is 2.51. The van der Waals surface area contributed by atoms with Crippen LogP contribution in [0.1, 0.15) is 6.42 Å². The van der Waals surface area contributed by atoms with E-state index in [1.54, 1.807) is 0 Å². The Morgan fingerprint density at radius 2 is 2.07 bits per heavy atom. The third-order valence-electron chi connectivity index (χ3n) is 1.96. The maximum Gasteiger partial charge on any atom is 0.253 e. The minimum Gasteiger partial charge on any atom is -0.491 e. The fourth-order valence-electron chi connectivity index (χ4n) is 1.17. The van der Waals surface area contributed by atoms with E-state index in [2.05, 4.69) is 10.1 Å². The third kappa shape index (κ3) is 3.26. The highest BCUT2D eigenvalue weighted by molar-refractivity contribution is 5.36. The zero-order valence-corrected chi connectivity index (χ0v) is 8.90. The predicted molar refractivity (Wildman–Crippen MR) is 54.6 cm³/mol. The number of nitrogens with zero attached hydrogens (tertiary/aromatic N) is 3. The van der Waals surface area contributed by atoms with Gasteiger partial charge in [-0.05, 0) is 32.2 Å². The lowest BCUT2D eigenvalue weighted by atomic mass is 10.4. The van der Waals surface area contributed by atoms with Gasteiger partial charge in [0.15, 0.2) is 0 Å². The van der Waals surface area contributed by atoms with E-state index < -0.39 is 0 Å². The zero-order valence-electron chi connectivity index (χ0n) is 8.90. The Balaban J connectivity index is 2.32. The quantitative estimate of drug-likeness (QED) is 0.759. The smallest absolute Gasteiger partial charge is 0.253 e. The molecule has 1 rings (SSSR count). The third-order valence-corrected chi connectivity index (χ3v) is 1.96. The normalized spacial score (nSPS) is 10.9. The van der Waals surface area contributed by atoms with Gasteiger partial charge in [0, 0.05) is 13.6 Å². The van der Waals surface area contributed by atoms with Gasteiger partial charge in [0.05, 0.1) is 6.07 Å². The lowest BCUT2D eigenvalue weighted by Crippen LogP contribution is -2.22. The largest absolute Gasteiger partial charge is 0.491 e. The maximum atomic E-state index is 8.98. The monoisotopic (exact) mass is 199 g/mol. The molecule has 1 heterocycles. The Morgan fingerprint density at radius 1 is 1.36 bits per heavy atom. The van der Waals surface area contributed by atoms with Gasteiger partial charge in [-0.3, -0.25) is 0 Å². The van der Waals surface area contributed by atoms with Gasteiger partial charge in [0.1, 0.15) is 0 Å². The van der Waals surface area contributed by atoms with Crippen LogP contribution in [0.5, 0.6) is 5.88 Å². The number of hydrogen-bond acceptors (Lipinski definition) is 5. The van der Waals surface area contributed by atoms with E-state index in [4.69, 9.17) is 9.63 Å². The molecule has 1 aromatic rings. The van der Waals surface area contributed by atoms with Gasteiger partial charge >= 0.3 is 0 Å². The molecule has 0 atom stereocenters. The summed E-state index contributed by atoms with van der Waals surface area (Å²) >= 11 is 0. The van der Waals surface area contributed by atoms with Crippen LogP contribution >= 0.6 is 0 Å². The van der Waals surface area contributed by atoms with E-state index in [1.165, 1.54) is 6.07 Å². The first kappa shape index (κ1) is 10.8. The SMILES string of the molecule is CN(C)CCCN(C)c1cc(O)no1. The molecule has 0 radical (unpaired) electrons. The van der Waals surface area contributed by atoms with Crippen LogP contribution in [0.15, 0.2) is 10.6 Å². The van der Waals surface area contributed by atoms with Crippen LogP contribution in [0.25, 0.3) is 0 Å². The molecule has 5 nitrogen and oxygen atoms in total. The molecule has 0 saturated carbocycles.